The highest BCUT2D eigenvalue weighted by Gasteiger charge is 2.78. The van der Waals surface area contributed by atoms with Crippen LogP contribution in [0.4, 0.5) is 0 Å². The molecule has 0 unspecified atom stereocenters. The predicted octanol–water partition coefficient (Wildman–Crippen LogP) is 4.34. The van der Waals surface area contributed by atoms with E-state index >= 15 is 4.79 Å². The van der Waals surface area contributed by atoms with Crippen molar-refractivity contribution in [3.8, 4) is 0 Å². The van der Waals surface area contributed by atoms with Gasteiger partial charge in [0.1, 0.15) is 11.4 Å². The number of fused-ring (bicyclic) bond motifs is 2. The Hall–Kier alpha value is -3.90. The van der Waals surface area contributed by atoms with Crippen molar-refractivity contribution in [1.82, 2.24) is 0 Å². The number of carboxylic acid groups (broad SMARTS) is 1. The third kappa shape index (κ3) is 5.99. The van der Waals surface area contributed by atoms with E-state index in [9.17, 15) is 35.1 Å². The molecule has 11 nitrogen and oxygen atoms in total. The van der Waals surface area contributed by atoms with Gasteiger partial charge in [0, 0.05) is 65.0 Å². The van der Waals surface area contributed by atoms with Crippen LogP contribution in [0.1, 0.15) is 86.1 Å². The number of carboxylic acids is 1. The molecule has 0 radical (unpaired) electrons. The monoisotopic (exact) mass is 757 g/mol. The minimum absolute atomic E-state index is 0.0497. The number of aliphatic hydroxyl groups is 4. The fraction of sp³-hybridized carbons (Fsp3) is 0.591. The highest BCUT2D eigenvalue weighted by atomic mass is 16.4. The van der Waals surface area contributed by atoms with Gasteiger partial charge in [-0.25, -0.2) is 4.79 Å². The van der Waals surface area contributed by atoms with E-state index in [1.54, 1.807) is 12.2 Å². The largest absolute Gasteiger partial charge is 0.478 e. The Morgan fingerprint density at radius 1 is 1.02 bits per heavy atom. The van der Waals surface area contributed by atoms with Crippen molar-refractivity contribution in [2.24, 2.45) is 67.7 Å². The van der Waals surface area contributed by atoms with Gasteiger partial charge >= 0.3 is 5.97 Å². The van der Waals surface area contributed by atoms with Gasteiger partial charge in [-0.05, 0) is 66.2 Å². The number of Topliss-reactive ketones (excluding diaryl/α,β-unsaturated/α-hetero) is 2. The lowest BCUT2D eigenvalue weighted by Crippen LogP contribution is -2.69. The first-order valence-corrected chi connectivity index (χ1v) is 19.6. The molecular weight excluding hydrogens is 698 g/mol. The summed E-state index contributed by atoms with van der Waals surface area (Å²) in [6.07, 6.45) is 6.99. The Kier molecular flexibility index (Phi) is 10.1. The fourth-order valence-corrected chi connectivity index (χ4v) is 12.3. The molecule has 0 aromatic heterocycles. The first kappa shape index (κ1) is 40.8. The maximum Gasteiger partial charge on any atom is 0.331 e. The molecule has 0 heterocycles. The number of carbonyl (C=O) groups excluding carboxylic acids is 2. The van der Waals surface area contributed by atoms with Crippen LogP contribution in [-0.4, -0.2) is 79.0 Å². The van der Waals surface area contributed by atoms with E-state index in [0.717, 1.165) is 5.56 Å². The molecule has 1 aromatic carbocycles. The van der Waals surface area contributed by atoms with E-state index in [4.69, 9.17) is 11.5 Å². The number of guanidine groups is 1. The van der Waals surface area contributed by atoms with Crippen LogP contribution in [0.5, 0.6) is 0 Å². The lowest BCUT2D eigenvalue weighted by atomic mass is 9.36. The predicted molar refractivity (Wildman–Crippen MR) is 210 cm³/mol. The molecule has 11 heteroatoms. The number of rotatable bonds is 11. The molecule has 0 bridgehead atoms. The summed E-state index contributed by atoms with van der Waals surface area (Å²) in [5.74, 6) is -4.30. The summed E-state index contributed by atoms with van der Waals surface area (Å²) in [5, 5.41) is 58.1. The molecule has 2 saturated carbocycles. The standard InChI is InChI=1S/C44H59N3O8/c1-24(48)19-27(37(52)53)20-31(49)28(23-47-38(45)46)25(2)30-21-43(54)17-18-44(55)29(14-13-26-11-9-8-10-12-26)35-39(3,4)33(51)15-16-40(35,5)34-32(50)22-41(30,6)42(43,7)36(34)44/h8-14,17-18,20,24-25,28-31,35,48-49,54-55H,15-16,19,21-23H2,1-7H3,(H,52,53)(H4,45,46,47)/b14-13+,27-20+/t24-,25+,28+,29-,30+,31+,35+,40+,41+,42-,43-,44+/m0/s1. The summed E-state index contributed by atoms with van der Waals surface area (Å²) in [4.78, 5) is 45.3. The molecular formula is C44H59N3O8. The Balaban J connectivity index is 1.55. The van der Waals surface area contributed by atoms with Crippen molar-refractivity contribution in [2.75, 3.05) is 6.54 Å². The molecule has 5 aliphatic rings. The molecule has 298 valence electrons. The van der Waals surface area contributed by atoms with Crippen LogP contribution in [0.25, 0.3) is 6.08 Å². The molecule has 2 fully saturated rings. The summed E-state index contributed by atoms with van der Waals surface area (Å²) in [5.41, 5.74) is 6.23. The van der Waals surface area contributed by atoms with Crippen molar-refractivity contribution >= 4 is 29.6 Å². The van der Waals surface area contributed by atoms with Gasteiger partial charge in [-0.1, -0.05) is 90.1 Å². The minimum Gasteiger partial charge on any atom is -0.478 e. The average Bonchev–Trinajstić information content (AvgIpc) is 3.28. The van der Waals surface area contributed by atoms with Gasteiger partial charge < -0.3 is 37.0 Å². The van der Waals surface area contributed by atoms with E-state index in [1.807, 2.05) is 77.1 Å². The first-order valence-electron chi connectivity index (χ1n) is 19.6. The van der Waals surface area contributed by atoms with Gasteiger partial charge in [0.05, 0.1) is 17.8 Å². The van der Waals surface area contributed by atoms with Gasteiger partial charge in [-0.15, -0.1) is 0 Å². The Morgan fingerprint density at radius 2 is 1.67 bits per heavy atom. The molecule has 6 rings (SSSR count). The number of nitrogens with two attached hydrogens (primary N) is 2. The fourth-order valence-electron chi connectivity index (χ4n) is 12.3. The maximum absolute atomic E-state index is 15.1. The molecule has 9 N–H and O–H groups in total. The van der Waals surface area contributed by atoms with Crippen LogP contribution in [0.2, 0.25) is 0 Å². The lowest BCUT2D eigenvalue weighted by molar-refractivity contribution is -0.162. The van der Waals surface area contributed by atoms with Gasteiger partial charge in [-0.2, -0.15) is 0 Å². The SMILES string of the molecule is C[C@H]([C@@H](CN=C(N)N)[C@H](O)/C=C(\C[C@H](C)O)C(=O)O)[C@H]1C[C@@]2(O)C=C[C@]3(O)C4=C(C(=O)C[C@@]1(C)[C@]42C)[C@@]1(C)CCC(=O)C(C)(C)[C@H]1[C@@H]3/C=C/c1ccccc1. The van der Waals surface area contributed by atoms with Gasteiger partial charge in [0.25, 0.3) is 0 Å². The van der Waals surface area contributed by atoms with Crippen molar-refractivity contribution in [3.63, 3.8) is 0 Å². The third-order valence-electron chi connectivity index (χ3n) is 15.1. The second-order valence-corrected chi connectivity index (χ2v) is 18.5. The molecule has 55 heavy (non-hydrogen) atoms. The number of nitrogens with zero attached hydrogens (tertiary/aromatic N) is 1. The minimum atomic E-state index is -1.73. The van der Waals surface area contributed by atoms with E-state index in [-0.39, 0.29) is 55.3 Å². The topological polar surface area (TPSA) is 217 Å². The second-order valence-electron chi connectivity index (χ2n) is 18.5. The molecule has 0 amide bonds. The zero-order valence-corrected chi connectivity index (χ0v) is 33.1. The van der Waals surface area contributed by atoms with Crippen molar-refractivity contribution in [1.29, 1.82) is 0 Å². The smallest absolute Gasteiger partial charge is 0.331 e. The van der Waals surface area contributed by atoms with E-state index in [1.165, 1.54) is 13.0 Å². The van der Waals surface area contributed by atoms with E-state index in [0.29, 0.717) is 17.6 Å². The van der Waals surface area contributed by atoms with Gasteiger partial charge in [0.15, 0.2) is 11.7 Å². The van der Waals surface area contributed by atoms with Crippen LogP contribution >= 0.6 is 0 Å². The number of benzene rings is 1. The third-order valence-corrected chi connectivity index (χ3v) is 15.1. The highest BCUT2D eigenvalue weighted by Crippen LogP contribution is 2.78. The summed E-state index contributed by atoms with van der Waals surface area (Å²) < 4.78 is 0. The number of hydrogen-bond acceptors (Lipinski definition) is 8. The summed E-state index contributed by atoms with van der Waals surface area (Å²) in [6, 6.07) is 9.74. The van der Waals surface area contributed by atoms with Crippen LogP contribution in [0, 0.1) is 51.2 Å². The molecule has 12 atom stereocenters. The number of aliphatic carboxylic acids is 1. The van der Waals surface area contributed by atoms with Crippen LogP contribution < -0.4 is 11.5 Å². The first-order chi connectivity index (χ1) is 25.5. The number of aliphatic imine (C=N–C) groups is 1. The van der Waals surface area contributed by atoms with Crippen molar-refractivity contribution < 1.29 is 39.9 Å². The summed E-state index contributed by atoms with van der Waals surface area (Å²) >= 11 is 0. The molecule has 0 aliphatic heterocycles. The van der Waals surface area contributed by atoms with Gasteiger partial charge in [0.2, 0.25) is 0 Å². The Labute approximate surface area is 324 Å². The number of ketones is 2. The van der Waals surface area contributed by atoms with E-state index < -0.39 is 80.6 Å². The maximum atomic E-state index is 15.1. The Bertz CT molecular complexity index is 1910. The normalized spacial score (nSPS) is 38.6. The quantitative estimate of drug-likeness (QED) is 0.0733. The lowest BCUT2D eigenvalue weighted by Gasteiger charge is -2.68. The van der Waals surface area contributed by atoms with E-state index in [2.05, 4.69) is 11.9 Å². The molecule has 5 aliphatic carbocycles. The number of allylic oxidation sites excluding steroid dienone is 1. The zero-order chi connectivity index (χ0) is 40.7. The molecule has 1 aromatic rings. The number of aliphatic hydroxyl groups excluding tert-OH is 2. The summed E-state index contributed by atoms with van der Waals surface area (Å²) in [6.45, 7) is 13.2. The van der Waals surface area contributed by atoms with Gasteiger partial charge in [-0.3, -0.25) is 14.6 Å². The zero-order valence-electron chi connectivity index (χ0n) is 33.1. The number of hydrogen-bond donors (Lipinski definition) is 7. The molecule has 0 saturated heterocycles. The summed E-state index contributed by atoms with van der Waals surface area (Å²) in [7, 11) is 0. The average molecular weight is 758 g/mol. The Morgan fingerprint density at radius 3 is 2.27 bits per heavy atom. The van der Waals surface area contributed by atoms with Crippen LogP contribution in [0.15, 0.2) is 76.3 Å². The second kappa shape index (κ2) is 13.6. The highest BCUT2D eigenvalue weighted by molar-refractivity contribution is 6.02. The number of carbonyl (C=O) groups is 3. The van der Waals surface area contributed by atoms with Crippen molar-refractivity contribution in [2.45, 2.75) is 104 Å². The van der Waals surface area contributed by atoms with Crippen LogP contribution in [0.3, 0.4) is 0 Å². The molecule has 0 spiro atoms. The van der Waals surface area contributed by atoms with Crippen molar-refractivity contribution in [3.05, 3.63) is 76.9 Å². The van der Waals surface area contributed by atoms with Crippen LogP contribution in [-0.2, 0) is 14.4 Å².